The van der Waals surface area contributed by atoms with E-state index in [2.05, 4.69) is 16.0 Å². The first kappa shape index (κ1) is 33.2. The molecule has 8 N–H and O–H groups in total. The predicted molar refractivity (Wildman–Crippen MR) is 155 cm³/mol. The van der Waals surface area contributed by atoms with Gasteiger partial charge >= 0.3 is 12.0 Å². The number of carbonyl (C=O) groups excluding carboxylic acids is 3. The Kier molecular flexibility index (Phi) is 14.9. The van der Waals surface area contributed by atoms with Crippen molar-refractivity contribution in [3.05, 3.63) is 77.4 Å². The van der Waals surface area contributed by atoms with Crippen molar-refractivity contribution in [1.82, 2.24) is 16.0 Å². The molecule has 11 nitrogen and oxygen atoms in total. The molecule has 0 saturated heterocycles. The summed E-state index contributed by atoms with van der Waals surface area (Å²) in [6.07, 6.45) is 0.716. The summed E-state index contributed by atoms with van der Waals surface area (Å²) in [5.74, 6) is -0.117. The van der Waals surface area contributed by atoms with Crippen molar-refractivity contribution in [2.45, 2.75) is 69.9 Å². The average Bonchev–Trinajstić information content (AvgIpc) is 2.98. The van der Waals surface area contributed by atoms with Crippen molar-refractivity contribution in [2.24, 2.45) is 11.5 Å². The van der Waals surface area contributed by atoms with Crippen LogP contribution in [-0.4, -0.2) is 60.4 Å². The highest BCUT2D eigenvalue weighted by Crippen LogP contribution is 2.15. The number of aliphatic carboxylic acids is 1. The van der Waals surface area contributed by atoms with Crippen LogP contribution in [0.5, 0.6) is 0 Å². The molecule has 0 saturated carbocycles. The Morgan fingerprint density at radius 1 is 0.976 bits per heavy atom. The fourth-order valence-electron chi connectivity index (χ4n) is 4.06. The van der Waals surface area contributed by atoms with Crippen molar-refractivity contribution in [1.29, 1.82) is 0 Å². The molecule has 0 aliphatic carbocycles. The monoisotopic (exact) mass is 567 g/mol. The molecule has 4 atom stereocenters. The van der Waals surface area contributed by atoms with Crippen LogP contribution in [0.3, 0.4) is 0 Å². The molecule has 41 heavy (non-hydrogen) atoms. The first-order chi connectivity index (χ1) is 19.7. The molecule has 0 bridgehead atoms. The lowest BCUT2D eigenvalue weighted by atomic mass is 9.99. The topological polar surface area (TPSA) is 186 Å². The highest BCUT2D eigenvalue weighted by molar-refractivity contribution is 5.92. The zero-order valence-electron chi connectivity index (χ0n) is 23.4. The maximum Gasteiger partial charge on any atom is 0.326 e. The minimum absolute atomic E-state index is 0.0188. The smallest absolute Gasteiger partial charge is 0.326 e. The Balaban J connectivity index is 2.08. The molecule has 0 radical (unpaired) electrons. The van der Waals surface area contributed by atoms with E-state index < -0.39 is 36.2 Å². The normalized spacial score (nSPS) is 13.6. The van der Waals surface area contributed by atoms with Crippen molar-refractivity contribution < 1.29 is 29.0 Å². The van der Waals surface area contributed by atoms with Gasteiger partial charge in [0.05, 0.1) is 6.61 Å². The summed E-state index contributed by atoms with van der Waals surface area (Å²) < 4.78 is 5.66. The summed E-state index contributed by atoms with van der Waals surface area (Å²) in [7, 11) is 0. The highest BCUT2D eigenvalue weighted by Gasteiger charge is 2.29. The lowest BCUT2D eigenvalue weighted by molar-refractivity contribution is -0.139. The molecule has 11 heteroatoms. The molecule has 0 aromatic heterocycles. The van der Waals surface area contributed by atoms with Crippen LogP contribution in [0.15, 0.2) is 66.2 Å². The van der Waals surface area contributed by atoms with Gasteiger partial charge in [0.1, 0.15) is 24.3 Å². The van der Waals surface area contributed by atoms with E-state index in [-0.39, 0.29) is 43.9 Å². The second kappa shape index (κ2) is 18.4. The number of carboxylic acid groups (broad SMARTS) is 1. The van der Waals surface area contributed by atoms with Crippen LogP contribution in [0.1, 0.15) is 56.1 Å². The first-order valence-corrected chi connectivity index (χ1v) is 13.7. The second-order valence-electron chi connectivity index (χ2n) is 9.78. The van der Waals surface area contributed by atoms with Crippen LogP contribution in [0.2, 0.25) is 0 Å². The van der Waals surface area contributed by atoms with Crippen LogP contribution in [0, 0.1) is 0 Å². The number of hydrogen-bond donors (Lipinski definition) is 6. The minimum Gasteiger partial charge on any atom is -0.480 e. The van der Waals surface area contributed by atoms with E-state index in [0.717, 1.165) is 11.1 Å². The molecule has 0 spiro atoms. The van der Waals surface area contributed by atoms with Crippen LogP contribution < -0.4 is 27.4 Å². The number of ether oxygens (including phenoxy) is 1. The third-order valence-corrected chi connectivity index (χ3v) is 6.52. The third-order valence-electron chi connectivity index (χ3n) is 6.52. The zero-order chi connectivity index (χ0) is 30.0. The molecule has 0 aliphatic heterocycles. The minimum atomic E-state index is -1.39. The van der Waals surface area contributed by atoms with Gasteiger partial charge in [0.25, 0.3) is 0 Å². The van der Waals surface area contributed by atoms with Gasteiger partial charge in [0.15, 0.2) is 0 Å². The quantitative estimate of drug-likeness (QED) is 0.0899. The van der Waals surface area contributed by atoms with E-state index in [9.17, 15) is 24.3 Å². The maximum absolute atomic E-state index is 13.3. The summed E-state index contributed by atoms with van der Waals surface area (Å²) in [6.45, 7) is 2.84. The number of unbranched alkanes of at least 4 members (excludes halogenated alkanes) is 1. The van der Waals surface area contributed by atoms with Crippen molar-refractivity contribution in [2.75, 3.05) is 13.1 Å². The van der Waals surface area contributed by atoms with Gasteiger partial charge in [-0.05, 0) is 55.7 Å². The summed E-state index contributed by atoms with van der Waals surface area (Å²) >= 11 is 0. The van der Waals surface area contributed by atoms with Gasteiger partial charge < -0.3 is 37.3 Å². The number of urea groups is 1. The molecule has 2 aromatic rings. The Morgan fingerprint density at radius 2 is 1.63 bits per heavy atom. The van der Waals surface area contributed by atoms with Crippen LogP contribution in [-0.2, 0) is 25.7 Å². The summed E-state index contributed by atoms with van der Waals surface area (Å²) in [5.41, 5.74) is 13.4. The molecular weight excluding hydrogens is 526 g/mol. The molecule has 2 aromatic carbocycles. The Morgan fingerprint density at radius 3 is 2.24 bits per heavy atom. The Labute approximate surface area is 240 Å². The van der Waals surface area contributed by atoms with Gasteiger partial charge in [-0.25, -0.2) is 14.4 Å². The number of nitrogens with one attached hydrogen (secondary N) is 3. The van der Waals surface area contributed by atoms with E-state index in [0.29, 0.717) is 19.4 Å². The molecule has 3 amide bonds. The Bertz CT molecular complexity index is 1140. The van der Waals surface area contributed by atoms with Crippen LogP contribution in [0.4, 0.5) is 4.79 Å². The SMILES string of the molecule is CC(CNC(=O)C(NC(=O)NC(CCCCN)C(=O)O)C(=C=O)CCC(N)OCc1ccccc1)c1ccccc1. The number of carbonyl (C=O) groups is 3. The van der Waals surface area contributed by atoms with Gasteiger partial charge in [0, 0.05) is 12.1 Å². The molecule has 2 rings (SSSR count). The molecule has 4 unspecified atom stereocenters. The average molecular weight is 568 g/mol. The fourth-order valence-corrected chi connectivity index (χ4v) is 4.06. The molecule has 0 aliphatic rings. The Hall–Kier alpha value is -4.02. The number of nitrogens with two attached hydrogens (primary N) is 2. The molecular formula is C30H41N5O6. The molecule has 0 heterocycles. The van der Waals surface area contributed by atoms with E-state index in [1.807, 2.05) is 67.6 Å². The highest BCUT2D eigenvalue weighted by atomic mass is 16.5. The fraction of sp³-hybridized carbons (Fsp3) is 0.433. The van der Waals surface area contributed by atoms with Gasteiger partial charge in [-0.2, -0.15) is 0 Å². The standard InChI is InChI=1S/C30H41N5O6/c1-21(23-12-6-3-7-13-23)18-33-28(37)27(35-30(40)34-25(29(38)39)14-8-9-17-31)24(19-36)15-16-26(32)41-20-22-10-4-2-5-11-22/h2-7,10-13,21,25-27H,8-9,14-18,20,31-32H2,1H3,(H,33,37)(H,38,39)(H2,34,35,40). The van der Waals surface area contributed by atoms with E-state index in [1.165, 1.54) is 0 Å². The van der Waals surface area contributed by atoms with Gasteiger partial charge in [-0.15, -0.1) is 0 Å². The first-order valence-electron chi connectivity index (χ1n) is 13.7. The van der Waals surface area contributed by atoms with Crippen molar-refractivity contribution >= 4 is 23.8 Å². The largest absolute Gasteiger partial charge is 0.480 e. The number of rotatable bonds is 18. The van der Waals surface area contributed by atoms with Crippen molar-refractivity contribution in [3.63, 3.8) is 0 Å². The van der Waals surface area contributed by atoms with Crippen molar-refractivity contribution in [3.8, 4) is 0 Å². The lowest BCUT2D eigenvalue weighted by Gasteiger charge is -2.23. The predicted octanol–water partition coefficient (Wildman–Crippen LogP) is 2.20. The van der Waals surface area contributed by atoms with Crippen LogP contribution >= 0.6 is 0 Å². The number of carboxylic acids is 1. The van der Waals surface area contributed by atoms with E-state index in [4.69, 9.17) is 16.2 Å². The number of amides is 3. The third kappa shape index (κ3) is 12.4. The summed E-state index contributed by atoms with van der Waals surface area (Å²) in [6, 6.07) is 15.5. The lowest BCUT2D eigenvalue weighted by Crippen LogP contribution is -2.54. The van der Waals surface area contributed by atoms with Crippen LogP contribution in [0.25, 0.3) is 0 Å². The number of benzene rings is 2. The molecule has 222 valence electrons. The van der Waals surface area contributed by atoms with Gasteiger partial charge in [-0.3, -0.25) is 4.79 Å². The van der Waals surface area contributed by atoms with Gasteiger partial charge in [0.2, 0.25) is 5.91 Å². The van der Waals surface area contributed by atoms with Gasteiger partial charge in [-0.1, -0.05) is 67.6 Å². The zero-order valence-corrected chi connectivity index (χ0v) is 23.4. The summed E-state index contributed by atoms with van der Waals surface area (Å²) in [5, 5.41) is 17.1. The van der Waals surface area contributed by atoms with E-state index in [1.54, 1.807) is 5.94 Å². The second-order valence-corrected chi connectivity index (χ2v) is 9.78. The number of hydrogen-bond acceptors (Lipinski definition) is 7. The molecule has 0 fully saturated rings. The maximum atomic E-state index is 13.3. The van der Waals surface area contributed by atoms with E-state index >= 15 is 0 Å². The summed E-state index contributed by atoms with van der Waals surface area (Å²) in [4.78, 5) is 49.7.